The summed E-state index contributed by atoms with van der Waals surface area (Å²) in [5, 5.41) is 9.63. The molecule has 0 spiro atoms. The third-order valence-electron chi connectivity index (χ3n) is 3.38. The van der Waals surface area contributed by atoms with Gasteiger partial charge in [0.2, 0.25) is 0 Å². The SMILES string of the molecule is N=C(N)c1ccc2nc(Cc3nc4ccccc4s3)sc2c1. The van der Waals surface area contributed by atoms with Crippen LogP contribution in [0.4, 0.5) is 0 Å². The largest absolute Gasteiger partial charge is 0.384 e. The van der Waals surface area contributed by atoms with E-state index in [1.165, 1.54) is 4.70 Å². The Labute approximate surface area is 134 Å². The van der Waals surface area contributed by atoms with Crippen LogP contribution < -0.4 is 5.73 Å². The van der Waals surface area contributed by atoms with Crippen molar-refractivity contribution in [1.82, 2.24) is 9.97 Å². The first kappa shape index (κ1) is 13.4. The molecule has 0 unspecified atom stereocenters. The predicted molar refractivity (Wildman–Crippen MR) is 93.1 cm³/mol. The molecule has 0 saturated carbocycles. The molecule has 0 aliphatic rings. The Morgan fingerprint density at radius 3 is 2.36 bits per heavy atom. The second-order valence-electron chi connectivity index (χ2n) is 4.96. The third kappa shape index (κ3) is 2.36. The van der Waals surface area contributed by atoms with E-state index >= 15 is 0 Å². The number of nitrogen functional groups attached to an aromatic ring is 1. The summed E-state index contributed by atoms with van der Waals surface area (Å²) in [6.45, 7) is 0. The van der Waals surface area contributed by atoms with E-state index < -0.39 is 0 Å². The van der Waals surface area contributed by atoms with Crippen LogP contribution in [0.15, 0.2) is 42.5 Å². The van der Waals surface area contributed by atoms with Gasteiger partial charge in [-0.3, -0.25) is 5.41 Å². The molecule has 4 rings (SSSR count). The molecule has 0 amide bonds. The number of aromatic nitrogens is 2. The van der Waals surface area contributed by atoms with Crippen LogP contribution in [0.2, 0.25) is 0 Å². The van der Waals surface area contributed by atoms with Crippen LogP contribution in [0, 0.1) is 5.41 Å². The number of nitrogens with zero attached hydrogens (tertiary/aromatic N) is 2. The molecular formula is C16H12N4S2. The molecule has 0 aliphatic carbocycles. The number of hydrogen-bond donors (Lipinski definition) is 2. The number of nitrogens with two attached hydrogens (primary N) is 1. The van der Waals surface area contributed by atoms with E-state index in [2.05, 4.69) is 16.0 Å². The summed E-state index contributed by atoms with van der Waals surface area (Å²) in [5.74, 6) is 0.0861. The minimum absolute atomic E-state index is 0.0861. The van der Waals surface area contributed by atoms with E-state index in [0.717, 1.165) is 37.7 Å². The molecule has 0 saturated heterocycles. The lowest BCUT2D eigenvalue weighted by atomic mass is 10.2. The predicted octanol–water partition coefficient (Wildman–Crippen LogP) is 3.78. The molecule has 108 valence electrons. The van der Waals surface area contributed by atoms with Crippen LogP contribution in [-0.4, -0.2) is 15.8 Å². The van der Waals surface area contributed by atoms with Crippen LogP contribution in [0.25, 0.3) is 20.4 Å². The summed E-state index contributed by atoms with van der Waals surface area (Å²) in [4.78, 5) is 9.31. The maximum absolute atomic E-state index is 7.51. The van der Waals surface area contributed by atoms with E-state index in [1.54, 1.807) is 22.7 Å². The van der Waals surface area contributed by atoms with Crippen molar-refractivity contribution in [3.8, 4) is 0 Å². The van der Waals surface area contributed by atoms with Crippen molar-refractivity contribution in [3.63, 3.8) is 0 Å². The normalized spacial score (nSPS) is 11.3. The van der Waals surface area contributed by atoms with Crippen molar-refractivity contribution in [3.05, 3.63) is 58.0 Å². The van der Waals surface area contributed by atoms with Crippen LogP contribution in [0.1, 0.15) is 15.6 Å². The number of para-hydroxylation sites is 1. The van der Waals surface area contributed by atoms with Gasteiger partial charge in [-0.05, 0) is 30.3 Å². The number of rotatable bonds is 3. The molecule has 0 radical (unpaired) electrons. The van der Waals surface area contributed by atoms with Gasteiger partial charge in [0.05, 0.1) is 26.9 Å². The molecule has 0 bridgehead atoms. The molecule has 2 aromatic carbocycles. The van der Waals surface area contributed by atoms with Crippen molar-refractivity contribution in [1.29, 1.82) is 5.41 Å². The zero-order valence-corrected chi connectivity index (χ0v) is 13.2. The summed E-state index contributed by atoms with van der Waals surface area (Å²) in [7, 11) is 0. The van der Waals surface area contributed by atoms with Crippen LogP contribution in [-0.2, 0) is 6.42 Å². The lowest BCUT2D eigenvalue weighted by molar-refractivity contribution is 1.13. The first-order valence-corrected chi connectivity index (χ1v) is 8.41. The van der Waals surface area contributed by atoms with Gasteiger partial charge >= 0.3 is 0 Å². The molecule has 6 heteroatoms. The van der Waals surface area contributed by atoms with Gasteiger partial charge in [0.1, 0.15) is 15.9 Å². The van der Waals surface area contributed by atoms with Gasteiger partial charge in [0, 0.05) is 5.56 Å². The molecule has 4 aromatic rings. The molecule has 0 fully saturated rings. The first-order valence-electron chi connectivity index (χ1n) is 6.77. The number of thiazole rings is 2. The Kier molecular flexibility index (Phi) is 3.13. The van der Waals surface area contributed by atoms with Crippen molar-refractivity contribution in [2.45, 2.75) is 6.42 Å². The van der Waals surface area contributed by atoms with Crippen molar-refractivity contribution < 1.29 is 0 Å². The molecule has 2 heterocycles. The van der Waals surface area contributed by atoms with Crippen LogP contribution in [0.5, 0.6) is 0 Å². The Hall–Kier alpha value is -2.31. The topological polar surface area (TPSA) is 75.7 Å². The highest BCUT2D eigenvalue weighted by molar-refractivity contribution is 7.20. The fourth-order valence-corrected chi connectivity index (χ4v) is 4.41. The standard InChI is InChI=1S/C16H12N4S2/c17-16(18)9-5-6-11-13(7-9)22-15(20-11)8-14-19-10-3-1-2-4-12(10)21-14/h1-7H,8H2,(H3,17,18). The lowest BCUT2D eigenvalue weighted by Crippen LogP contribution is -2.10. The monoisotopic (exact) mass is 324 g/mol. The van der Waals surface area contributed by atoms with E-state index in [1.807, 2.05) is 36.4 Å². The smallest absolute Gasteiger partial charge is 0.122 e. The Bertz CT molecular complexity index is 967. The van der Waals surface area contributed by atoms with Crippen molar-refractivity contribution in [2.24, 2.45) is 5.73 Å². The first-order chi connectivity index (χ1) is 10.7. The summed E-state index contributed by atoms with van der Waals surface area (Å²) in [6, 6.07) is 13.9. The Morgan fingerprint density at radius 1 is 0.955 bits per heavy atom. The van der Waals surface area contributed by atoms with E-state index in [0.29, 0.717) is 0 Å². The number of hydrogen-bond acceptors (Lipinski definition) is 5. The van der Waals surface area contributed by atoms with Gasteiger partial charge in [-0.1, -0.05) is 12.1 Å². The Morgan fingerprint density at radius 2 is 1.64 bits per heavy atom. The van der Waals surface area contributed by atoms with Gasteiger partial charge < -0.3 is 5.73 Å². The van der Waals surface area contributed by atoms with E-state index in [-0.39, 0.29) is 5.84 Å². The zero-order valence-electron chi connectivity index (χ0n) is 11.5. The quantitative estimate of drug-likeness (QED) is 0.445. The minimum Gasteiger partial charge on any atom is -0.384 e. The van der Waals surface area contributed by atoms with Gasteiger partial charge in [0.15, 0.2) is 0 Å². The highest BCUT2D eigenvalue weighted by Gasteiger charge is 2.09. The van der Waals surface area contributed by atoms with Crippen LogP contribution in [0.3, 0.4) is 0 Å². The molecule has 0 atom stereocenters. The average Bonchev–Trinajstić information content (AvgIpc) is 3.08. The van der Waals surface area contributed by atoms with E-state index in [9.17, 15) is 0 Å². The number of benzene rings is 2. The molecule has 22 heavy (non-hydrogen) atoms. The summed E-state index contributed by atoms with van der Waals surface area (Å²) >= 11 is 3.35. The average molecular weight is 324 g/mol. The molecule has 2 aromatic heterocycles. The molecule has 3 N–H and O–H groups in total. The highest BCUT2D eigenvalue weighted by atomic mass is 32.1. The highest BCUT2D eigenvalue weighted by Crippen LogP contribution is 2.28. The summed E-state index contributed by atoms with van der Waals surface area (Å²) in [6.07, 6.45) is 0.744. The van der Waals surface area contributed by atoms with Crippen molar-refractivity contribution >= 4 is 48.9 Å². The van der Waals surface area contributed by atoms with Gasteiger partial charge in [-0.15, -0.1) is 22.7 Å². The zero-order chi connectivity index (χ0) is 15.1. The molecule has 4 nitrogen and oxygen atoms in total. The van der Waals surface area contributed by atoms with Gasteiger partial charge in [-0.25, -0.2) is 9.97 Å². The van der Waals surface area contributed by atoms with Crippen LogP contribution >= 0.6 is 22.7 Å². The number of nitrogens with one attached hydrogen (secondary N) is 1. The fourth-order valence-electron chi connectivity index (χ4n) is 2.34. The summed E-state index contributed by atoms with van der Waals surface area (Å²) in [5.41, 5.74) is 8.27. The fraction of sp³-hybridized carbons (Fsp3) is 0.0625. The maximum Gasteiger partial charge on any atom is 0.122 e. The minimum atomic E-state index is 0.0861. The molecular weight excluding hydrogens is 312 g/mol. The van der Waals surface area contributed by atoms with Gasteiger partial charge in [0.25, 0.3) is 0 Å². The summed E-state index contributed by atoms with van der Waals surface area (Å²) < 4.78 is 2.27. The maximum atomic E-state index is 7.51. The number of fused-ring (bicyclic) bond motifs is 2. The lowest BCUT2D eigenvalue weighted by Gasteiger charge is -1.95. The second kappa shape index (κ2) is 5.15. The van der Waals surface area contributed by atoms with Crippen molar-refractivity contribution in [2.75, 3.05) is 0 Å². The van der Waals surface area contributed by atoms with E-state index in [4.69, 9.17) is 11.1 Å². The Balaban J connectivity index is 1.70. The third-order valence-corrected chi connectivity index (χ3v) is 5.44. The molecule has 0 aliphatic heterocycles. The van der Waals surface area contributed by atoms with Gasteiger partial charge in [-0.2, -0.15) is 0 Å². The second-order valence-corrected chi connectivity index (χ2v) is 7.19. The number of amidine groups is 1.